The van der Waals surface area contributed by atoms with Gasteiger partial charge in [0.25, 0.3) is 0 Å². The second kappa shape index (κ2) is 13.4. The Morgan fingerprint density at radius 2 is 2.03 bits per heavy atom. The standard InChI is InChI=1S/C25H38O7/c1-6-25(5,30)15-18(3)13-19(4)24-21(8-10-23(29)32-24)31-22(28)9-7-17(2)14-20(16-27)11-12-26/h6-10,14,18-21,24,26-27,30H,1,11-13,15-16H2,2-5H3/b9-7+,17-14+/t18-,19+,20+,21-,24-,25?/m1/s1. The van der Waals surface area contributed by atoms with E-state index in [9.17, 15) is 19.8 Å². The van der Waals surface area contributed by atoms with Crippen molar-refractivity contribution in [1.29, 1.82) is 0 Å². The van der Waals surface area contributed by atoms with Crippen LogP contribution < -0.4 is 0 Å². The Labute approximate surface area is 191 Å². The van der Waals surface area contributed by atoms with Crippen LogP contribution in [0.15, 0.2) is 48.6 Å². The van der Waals surface area contributed by atoms with Gasteiger partial charge in [0.15, 0.2) is 6.10 Å². The molecule has 0 aromatic heterocycles. The van der Waals surface area contributed by atoms with Crippen molar-refractivity contribution in [2.24, 2.45) is 17.8 Å². The van der Waals surface area contributed by atoms with Gasteiger partial charge in [-0.15, -0.1) is 6.58 Å². The first-order chi connectivity index (χ1) is 15.0. The molecule has 3 N–H and O–H groups in total. The van der Waals surface area contributed by atoms with Crippen molar-refractivity contribution < 1.29 is 34.4 Å². The van der Waals surface area contributed by atoms with Crippen LogP contribution in [0, 0.1) is 17.8 Å². The third-order valence-electron chi connectivity index (χ3n) is 5.50. The molecule has 0 aromatic rings. The third-order valence-corrected chi connectivity index (χ3v) is 5.50. The average Bonchev–Trinajstić information content (AvgIpc) is 2.72. The molecule has 1 aliphatic heterocycles. The minimum Gasteiger partial charge on any atom is -0.455 e. The van der Waals surface area contributed by atoms with Gasteiger partial charge in [-0.1, -0.05) is 37.6 Å². The van der Waals surface area contributed by atoms with Crippen molar-refractivity contribution in [3.63, 3.8) is 0 Å². The Kier molecular flexibility index (Phi) is 11.6. The van der Waals surface area contributed by atoms with E-state index in [-0.39, 0.29) is 31.0 Å². The van der Waals surface area contributed by atoms with Crippen LogP contribution >= 0.6 is 0 Å². The molecular weight excluding hydrogens is 412 g/mol. The predicted octanol–water partition coefficient (Wildman–Crippen LogP) is 2.86. The molecule has 0 aliphatic carbocycles. The number of allylic oxidation sites excluding steroid dienone is 2. The lowest BCUT2D eigenvalue weighted by atomic mass is 9.84. The largest absolute Gasteiger partial charge is 0.455 e. The number of aliphatic hydroxyl groups is 3. The molecule has 32 heavy (non-hydrogen) atoms. The number of cyclic esters (lactones) is 1. The van der Waals surface area contributed by atoms with Crippen LogP contribution in [-0.2, 0) is 19.1 Å². The van der Waals surface area contributed by atoms with Crippen molar-refractivity contribution in [2.75, 3.05) is 13.2 Å². The minimum absolute atomic E-state index is 0.0309. The zero-order valence-corrected chi connectivity index (χ0v) is 19.6. The average molecular weight is 451 g/mol. The molecule has 180 valence electrons. The van der Waals surface area contributed by atoms with Gasteiger partial charge in [-0.3, -0.25) is 0 Å². The molecule has 7 nitrogen and oxygen atoms in total. The van der Waals surface area contributed by atoms with E-state index in [1.165, 1.54) is 24.3 Å². The zero-order chi connectivity index (χ0) is 24.3. The quantitative estimate of drug-likeness (QED) is 0.171. The highest BCUT2D eigenvalue weighted by molar-refractivity contribution is 5.85. The Morgan fingerprint density at radius 3 is 2.62 bits per heavy atom. The molecule has 7 heteroatoms. The fourth-order valence-electron chi connectivity index (χ4n) is 3.90. The first-order valence-corrected chi connectivity index (χ1v) is 11.0. The van der Waals surface area contributed by atoms with Gasteiger partial charge in [0, 0.05) is 31.3 Å². The van der Waals surface area contributed by atoms with Gasteiger partial charge in [-0.25, -0.2) is 9.59 Å². The fourth-order valence-corrected chi connectivity index (χ4v) is 3.90. The Balaban J connectivity index is 2.78. The van der Waals surface area contributed by atoms with Crippen LogP contribution in [0.3, 0.4) is 0 Å². The highest BCUT2D eigenvalue weighted by Crippen LogP contribution is 2.29. The van der Waals surface area contributed by atoms with Crippen LogP contribution in [0.25, 0.3) is 0 Å². The molecule has 6 atom stereocenters. The van der Waals surface area contributed by atoms with Crippen molar-refractivity contribution in [3.8, 4) is 0 Å². The number of hydrogen-bond acceptors (Lipinski definition) is 7. The monoisotopic (exact) mass is 450 g/mol. The van der Waals surface area contributed by atoms with Gasteiger partial charge in [0.05, 0.1) is 5.60 Å². The van der Waals surface area contributed by atoms with Crippen molar-refractivity contribution in [1.82, 2.24) is 0 Å². The van der Waals surface area contributed by atoms with Gasteiger partial charge < -0.3 is 24.8 Å². The number of carbonyl (C=O) groups is 2. The SMILES string of the molecule is C=CC(C)(O)C[C@H](C)C[C@H](C)[C@H]1OC(=O)C=C[C@H]1OC(=O)/C=C/C(C)=C/[C@@H](CO)CCO. The predicted molar refractivity (Wildman–Crippen MR) is 122 cm³/mol. The summed E-state index contributed by atoms with van der Waals surface area (Å²) in [6, 6.07) is 0. The van der Waals surface area contributed by atoms with Gasteiger partial charge in [0.2, 0.25) is 0 Å². The third kappa shape index (κ3) is 9.94. The highest BCUT2D eigenvalue weighted by Gasteiger charge is 2.35. The molecule has 1 heterocycles. The Hall–Kier alpha value is -2.22. The Morgan fingerprint density at radius 1 is 1.34 bits per heavy atom. The molecule has 0 radical (unpaired) electrons. The molecule has 0 spiro atoms. The lowest BCUT2D eigenvalue weighted by Crippen LogP contribution is -2.41. The first-order valence-electron chi connectivity index (χ1n) is 11.0. The summed E-state index contributed by atoms with van der Waals surface area (Å²) >= 11 is 0. The number of esters is 2. The van der Waals surface area contributed by atoms with Gasteiger partial charge in [0.1, 0.15) is 6.10 Å². The number of ether oxygens (including phenoxy) is 2. The van der Waals surface area contributed by atoms with Gasteiger partial charge in [-0.2, -0.15) is 0 Å². The number of aliphatic hydroxyl groups excluding tert-OH is 2. The van der Waals surface area contributed by atoms with E-state index in [2.05, 4.69) is 6.58 Å². The maximum atomic E-state index is 12.4. The summed E-state index contributed by atoms with van der Waals surface area (Å²) in [4.78, 5) is 24.2. The van der Waals surface area contributed by atoms with E-state index >= 15 is 0 Å². The fraction of sp³-hybridized carbons (Fsp3) is 0.600. The lowest BCUT2D eigenvalue weighted by Gasteiger charge is -2.33. The van der Waals surface area contributed by atoms with Crippen LogP contribution in [0.1, 0.15) is 47.0 Å². The van der Waals surface area contributed by atoms with Crippen molar-refractivity contribution in [3.05, 3.63) is 48.6 Å². The van der Waals surface area contributed by atoms with Crippen LogP contribution in [0.2, 0.25) is 0 Å². The van der Waals surface area contributed by atoms with E-state index in [1.54, 1.807) is 26.0 Å². The number of rotatable bonds is 13. The van der Waals surface area contributed by atoms with Crippen LogP contribution in [0.4, 0.5) is 0 Å². The van der Waals surface area contributed by atoms with E-state index in [4.69, 9.17) is 14.6 Å². The van der Waals surface area contributed by atoms with E-state index in [0.717, 1.165) is 5.57 Å². The van der Waals surface area contributed by atoms with Gasteiger partial charge >= 0.3 is 11.9 Å². The van der Waals surface area contributed by atoms with Crippen LogP contribution in [0.5, 0.6) is 0 Å². The smallest absolute Gasteiger partial charge is 0.331 e. The summed E-state index contributed by atoms with van der Waals surface area (Å²) in [6.45, 7) is 10.9. The molecule has 0 amide bonds. The molecule has 0 saturated carbocycles. The van der Waals surface area contributed by atoms with E-state index in [0.29, 0.717) is 19.3 Å². The summed E-state index contributed by atoms with van der Waals surface area (Å²) in [5.74, 6) is -1.21. The molecule has 1 rings (SSSR count). The van der Waals surface area contributed by atoms with E-state index < -0.39 is 29.7 Å². The highest BCUT2D eigenvalue weighted by atomic mass is 16.6. The minimum atomic E-state index is -0.976. The normalized spacial score (nSPS) is 23.8. The number of carbonyl (C=O) groups excluding carboxylic acids is 2. The Bertz CT molecular complexity index is 720. The molecule has 1 unspecified atom stereocenters. The molecule has 0 aromatic carbocycles. The number of hydrogen-bond donors (Lipinski definition) is 3. The van der Waals surface area contributed by atoms with Crippen molar-refractivity contribution in [2.45, 2.75) is 64.8 Å². The lowest BCUT2D eigenvalue weighted by molar-refractivity contribution is -0.164. The van der Waals surface area contributed by atoms with Crippen LogP contribution in [-0.4, -0.2) is 58.3 Å². The topological polar surface area (TPSA) is 113 Å². The van der Waals surface area contributed by atoms with E-state index in [1.807, 2.05) is 13.8 Å². The molecule has 0 bridgehead atoms. The van der Waals surface area contributed by atoms with Gasteiger partial charge in [-0.05, 0) is 51.0 Å². The first kappa shape index (κ1) is 27.8. The zero-order valence-electron chi connectivity index (χ0n) is 19.6. The second-order valence-corrected chi connectivity index (χ2v) is 8.94. The van der Waals surface area contributed by atoms with Crippen molar-refractivity contribution >= 4 is 11.9 Å². The summed E-state index contributed by atoms with van der Waals surface area (Å²) in [7, 11) is 0. The second-order valence-electron chi connectivity index (χ2n) is 8.94. The molecular formula is C25H38O7. The molecule has 0 fully saturated rings. The summed E-state index contributed by atoms with van der Waals surface area (Å²) in [5.41, 5.74) is -0.218. The summed E-state index contributed by atoms with van der Waals surface area (Å²) in [6.07, 6.45) is 9.23. The maximum absolute atomic E-state index is 12.4. The summed E-state index contributed by atoms with van der Waals surface area (Å²) in [5, 5.41) is 28.5. The maximum Gasteiger partial charge on any atom is 0.331 e. The molecule has 0 saturated heterocycles. The summed E-state index contributed by atoms with van der Waals surface area (Å²) < 4.78 is 11.0. The molecule has 1 aliphatic rings.